The lowest BCUT2D eigenvalue weighted by Gasteiger charge is -2.28. The summed E-state index contributed by atoms with van der Waals surface area (Å²) in [6.07, 6.45) is 2.10. The number of ether oxygens (including phenoxy) is 1. The first-order valence-electron chi connectivity index (χ1n) is 10.4. The number of thioether (sulfide) groups is 2. The third-order valence-corrected chi connectivity index (χ3v) is 9.25. The summed E-state index contributed by atoms with van der Waals surface area (Å²) in [7, 11) is -3.11. The number of benzene rings is 1. The molecule has 2 heterocycles. The molecule has 1 amide bonds. The van der Waals surface area contributed by atoms with E-state index in [9.17, 15) is 18.0 Å². The first-order valence-corrected chi connectivity index (χ1v) is 14.2. The highest BCUT2D eigenvalue weighted by molar-refractivity contribution is 8.38. The van der Waals surface area contributed by atoms with Crippen molar-refractivity contribution in [3.05, 3.63) is 35.4 Å². The van der Waals surface area contributed by atoms with Gasteiger partial charge in [-0.3, -0.25) is 9.79 Å². The van der Waals surface area contributed by atoms with Crippen LogP contribution in [-0.2, 0) is 25.1 Å². The fourth-order valence-corrected chi connectivity index (χ4v) is 7.28. The van der Waals surface area contributed by atoms with Crippen LogP contribution in [-0.4, -0.2) is 72.6 Å². The van der Waals surface area contributed by atoms with E-state index in [2.05, 4.69) is 4.99 Å². The first-order chi connectivity index (χ1) is 14.9. The largest absolute Gasteiger partial charge is 0.452 e. The molecule has 2 aliphatic heterocycles. The Kier molecular flexibility index (Phi) is 8.85. The molecular formula is C21H28N2O5S3. The van der Waals surface area contributed by atoms with Crippen molar-refractivity contribution in [1.82, 2.24) is 4.90 Å². The molecule has 10 heteroatoms. The van der Waals surface area contributed by atoms with Gasteiger partial charge in [0.2, 0.25) is 0 Å². The molecule has 1 atom stereocenters. The Balaban J connectivity index is 1.60. The van der Waals surface area contributed by atoms with Gasteiger partial charge < -0.3 is 9.64 Å². The number of amides is 1. The van der Waals surface area contributed by atoms with E-state index in [-0.39, 0.29) is 30.1 Å². The Bertz CT molecular complexity index is 933. The van der Waals surface area contributed by atoms with Crippen LogP contribution in [0.15, 0.2) is 29.3 Å². The van der Waals surface area contributed by atoms with Crippen molar-refractivity contribution < 1.29 is 22.7 Å². The van der Waals surface area contributed by atoms with Crippen LogP contribution in [0.2, 0.25) is 0 Å². The Morgan fingerprint density at radius 1 is 1.32 bits per heavy atom. The molecule has 1 unspecified atom stereocenters. The molecule has 170 valence electrons. The number of aliphatic imine (C=N–C) groups is 1. The van der Waals surface area contributed by atoms with Crippen LogP contribution in [0.1, 0.15) is 42.1 Å². The molecule has 1 aromatic rings. The lowest BCUT2D eigenvalue weighted by molar-refractivity contribution is -0.136. The van der Waals surface area contributed by atoms with E-state index in [1.807, 2.05) is 19.1 Å². The van der Waals surface area contributed by atoms with Gasteiger partial charge >= 0.3 is 5.97 Å². The molecule has 31 heavy (non-hydrogen) atoms. The minimum atomic E-state index is -3.11. The Labute approximate surface area is 192 Å². The fraction of sp³-hybridized carbons (Fsp3) is 0.571. The summed E-state index contributed by atoms with van der Waals surface area (Å²) < 4.78 is 30.1. The van der Waals surface area contributed by atoms with Gasteiger partial charge in [-0.1, -0.05) is 55.1 Å². The highest BCUT2D eigenvalue weighted by Gasteiger charge is 2.34. The summed E-state index contributed by atoms with van der Waals surface area (Å²) in [5.74, 6) is 0.798. The summed E-state index contributed by atoms with van der Waals surface area (Å²) in [5.41, 5.74) is 1.28. The van der Waals surface area contributed by atoms with Crippen LogP contribution < -0.4 is 0 Å². The Morgan fingerprint density at radius 2 is 2.13 bits per heavy atom. The number of hydrogen-bond acceptors (Lipinski definition) is 8. The van der Waals surface area contributed by atoms with Crippen LogP contribution in [0.5, 0.6) is 0 Å². The quantitative estimate of drug-likeness (QED) is 0.498. The molecule has 0 aromatic heterocycles. The number of sulfone groups is 1. The lowest BCUT2D eigenvalue weighted by Crippen LogP contribution is -2.43. The topological polar surface area (TPSA) is 93.1 Å². The first kappa shape index (κ1) is 24.1. The number of nitrogens with zero attached hydrogens (tertiary/aromatic N) is 2. The van der Waals surface area contributed by atoms with E-state index in [4.69, 9.17) is 4.74 Å². The van der Waals surface area contributed by atoms with Crippen molar-refractivity contribution in [3.63, 3.8) is 0 Å². The maximum atomic E-state index is 12.8. The Hall–Kier alpha value is -1.52. The van der Waals surface area contributed by atoms with Crippen LogP contribution >= 0.6 is 23.5 Å². The molecule has 1 saturated heterocycles. The molecular weight excluding hydrogens is 456 g/mol. The molecule has 2 aliphatic rings. The zero-order valence-corrected chi connectivity index (χ0v) is 20.1. The highest BCUT2D eigenvalue weighted by Crippen LogP contribution is 2.27. The third-order valence-electron chi connectivity index (χ3n) is 5.19. The van der Waals surface area contributed by atoms with Crippen LogP contribution in [0.25, 0.3) is 0 Å². The van der Waals surface area contributed by atoms with Crippen molar-refractivity contribution in [2.45, 2.75) is 38.0 Å². The third kappa shape index (κ3) is 6.98. The summed E-state index contributed by atoms with van der Waals surface area (Å²) in [6.45, 7) is 2.93. The standard InChI is InChI=1S/C21H28N2O5S3/c1-2-3-10-23(17-8-12-31(26,27)15-17)19(24)13-28-20(25)18-7-5-4-6-16(18)14-30-21-22-9-11-29-21/h4-7,17H,2-3,8-15H2,1H3. The van der Waals surface area contributed by atoms with Crippen molar-refractivity contribution >= 4 is 49.6 Å². The summed E-state index contributed by atoms with van der Waals surface area (Å²) >= 11 is 3.31. The summed E-state index contributed by atoms with van der Waals surface area (Å²) in [4.78, 5) is 31.5. The second-order valence-electron chi connectivity index (χ2n) is 7.52. The number of rotatable bonds is 9. The molecule has 1 fully saturated rings. The minimum Gasteiger partial charge on any atom is -0.452 e. The maximum Gasteiger partial charge on any atom is 0.338 e. The smallest absolute Gasteiger partial charge is 0.338 e. The van der Waals surface area contributed by atoms with Gasteiger partial charge in [0.25, 0.3) is 5.91 Å². The van der Waals surface area contributed by atoms with E-state index in [1.165, 1.54) is 0 Å². The van der Waals surface area contributed by atoms with Gasteiger partial charge in [-0.15, -0.1) is 0 Å². The molecule has 7 nitrogen and oxygen atoms in total. The number of hydrogen-bond donors (Lipinski definition) is 0. The number of esters is 1. The van der Waals surface area contributed by atoms with Crippen LogP contribution in [0.4, 0.5) is 0 Å². The second-order valence-corrected chi connectivity index (χ2v) is 12.1. The molecule has 1 aromatic carbocycles. The summed E-state index contributed by atoms with van der Waals surface area (Å²) in [6, 6.07) is 6.88. The number of carbonyl (C=O) groups is 2. The van der Waals surface area contributed by atoms with Gasteiger partial charge in [0.05, 0.1) is 23.6 Å². The van der Waals surface area contributed by atoms with E-state index in [1.54, 1.807) is 40.6 Å². The van der Waals surface area contributed by atoms with Gasteiger partial charge in [0, 0.05) is 24.1 Å². The van der Waals surface area contributed by atoms with Gasteiger partial charge in [-0.05, 0) is 24.5 Å². The van der Waals surface area contributed by atoms with Crippen molar-refractivity contribution in [3.8, 4) is 0 Å². The van der Waals surface area contributed by atoms with Gasteiger partial charge in [-0.25, -0.2) is 13.2 Å². The molecule has 0 bridgehead atoms. The molecule has 0 radical (unpaired) electrons. The average Bonchev–Trinajstić information content (AvgIpc) is 3.40. The van der Waals surface area contributed by atoms with E-state index >= 15 is 0 Å². The summed E-state index contributed by atoms with van der Waals surface area (Å²) in [5, 5.41) is 0. The number of unbranched alkanes of at least 4 members (excludes halogenated alkanes) is 1. The number of carbonyl (C=O) groups excluding carboxylic acids is 2. The predicted octanol–water partition coefficient (Wildman–Crippen LogP) is 3.00. The predicted molar refractivity (Wildman–Crippen MR) is 126 cm³/mol. The molecule has 0 N–H and O–H groups in total. The van der Waals surface area contributed by atoms with Gasteiger partial charge in [0.15, 0.2) is 16.4 Å². The fourth-order valence-electron chi connectivity index (χ4n) is 3.54. The van der Waals surface area contributed by atoms with Crippen molar-refractivity contribution in [1.29, 1.82) is 0 Å². The van der Waals surface area contributed by atoms with Crippen LogP contribution in [0, 0.1) is 0 Å². The average molecular weight is 485 g/mol. The second kappa shape index (κ2) is 11.4. The van der Waals surface area contributed by atoms with Gasteiger partial charge in [-0.2, -0.15) is 0 Å². The Morgan fingerprint density at radius 3 is 2.81 bits per heavy atom. The van der Waals surface area contributed by atoms with E-state index < -0.39 is 15.8 Å². The normalized spacial score (nSPS) is 19.8. The monoisotopic (exact) mass is 484 g/mol. The maximum absolute atomic E-state index is 12.8. The SMILES string of the molecule is CCCCN(C(=O)COC(=O)c1ccccc1CSC1=NCCS1)C1CCS(=O)(=O)C1. The van der Waals surface area contributed by atoms with E-state index in [0.29, 0.717) is 24.3 Å². The molecule has 0 spiro atoms. The van der Waals surface area contributed by atoms with Crippen molar-refractivity contribution in [2.75, 3.05) is 37.0 Å². The van der Waals surface area contributed by atoms with Crippen molar-refractivity contribution in [2.24, 2.45) is 4.99 Å². The zero-order chi connectivity index (χ0) is 22.3. The minimum absolute atomic E-state index is 0.0155. The zero-order valence-electron chi connectivity index (χ0n) is 17.6. The van der Waals surface area contributed by atoms with E-state index in [0.717, 1.165) is 35.1 Å². The molecule has 3 rings (SSSR count). The molecule has 0 saturated carbocycles. The lowest BCUT2D eigenvalue weighted by atomic mass is 10.1. The van der Waals surface area contributed by atoms with Gasteiger partial charge in [0.1, 0.15) is 4.38 Å². The highest BCUT2D eigenvalue weighted by atomic mass is 32.2. The molecule has 0 aliphatic carbocycles. The van der Waals surface area contributed by atoms with Crippen LogP contribution in [0.3, 0.4) is 0 Å².